The monoisotopic (exact) mass is 367 g/mol. The van der Waals surface area contributed by atoms with E-state index < -0.39 is 6.10 Å². The molecule has 0 unspecified atom stereocenters. The Morgan fingerprint density at radius 3 is 2.64 bits per heavy atom. The predicted molar refractivity (Wildman–Crippen MR) is 88.3 cm³/mol. The number of aliphatic hydroxyl groups excluding tert-OH is 1. The Morgan fingerprint density at radius 1 is 1.23 bits per heavy atom. The van der Waals surface area contributed by atoms with Gasteiger partial charge >= 0.3 is 0 Å². The fourth-order valence-electron chi connectivity index (χ4n) is 1.98. The van der Waals surface area contributed by atoms with Gasteiger partial charge in [0.25, 0.3) is 0 Å². The molecule has 2 rings (SSSR count). The molecule has 0 bridgehead atoms. The van der Waals surface area contributed by atoms with E-state index in [-0.39, 0.29) is 5.82 Å². The topological polar surface area (TPSA) is 41.5 Å². The molecule has 0 saturated heterocycles. The number of benzene rings is 2. The number of aliphatic hydroxyl groups is 1. The van der Waals surface area contributed by atoms with Gasteiger partial charge in [-0.05, 0) is 42.8 Å². The minimum atomic E-state index is -0.393. The van der Waals surface area contributed by atoms with E-state index in [1.54, 1.807) is 19.1 Å². The lowest BCUT2D eigenvalue weighted by Crippen LogP contribution is -2.24. The first-order valence-corrected chi connectivity index (χ1v) is 7.88. The van der Waals surface area contributed by atoms with Crippen LogP contribution in [0.4, 0.5) is 4.39 Å². The second-order valence-corrected chi connectivity index (χ2v) is 6.06. The molecule has 0 amide bonds. The summed E-state index contributed by atoms with van der Waals surface area (Å²) in [6, 6.07) is 12.1. The Labute approximate surface area is 138 Å². The zero-order chi connectivity index (χ0) is 15.9. The molecule has 118 valence electrons. The molecule has 0 radical (unpaired) electrons. The van der Waals surface area contributed by atoms with Gasteiger partial charge in [-0.25, -0.2) is 4.39 Å². The van der Waals surface area contributed by atoms with E-state index in [1.807, 2.05) is 18.2 Å². The third kappa shape index (κ3) is 5.40. The molecule has 0 aliphatic heterocycles. The van der Waals surface area contributed by atoms with Crippen LogP contribution in [0.25, 0.3) is 0 Å². The summed E-state index contributed by atoms with van der Waals surface area (Å²) in [6.07, 6.45) is -0.393. The van der Waals surface area contributed by atoms with Crippen molar-refractivity contribution in [1.82, 2.24) is 5.32 Å². The minimum Gasteiger partial charge on any atom is -0.489 e. The molecular formula is C17H19BrFNO2. The van der Waals surface area contributed by atoms with Gasteiger partial charge in [0.2, 0.25) is 0 Å². The van der Waals surface area contributed by atoms with Crippen LogP contribution in [0.1, 0.15) is 18.1 Å². The molecule has 3 nitrogen and oxygen atoms in total. The van der Waals surface area contributed by atoms with Gasteiger partial charge in [-0.1, -0.05) is 28.1 Å². The maximum absolute atomic E-state index is 12.9. The second-order valence-electron chi connectivity index (χ2n) is 5.15. The van der Waals surface area contributed by atoms with Gasteiger partial charge in [0.05, 0.1) is 6.10 Å². The molecule has 0 aliphatic rings. The summed E-state index contributed by atoms with van der Waals surface area (Å²) in [5.74, 6) is 0.515. The van der Waals surface area contributed by atoms with Gasteiger partial charge in [0.1, 0.15) is 18.2 Å². The summed E-state index contributed by atoms with van der Waals surface area (Å²) >= 11 is 3.45. The maximum atomic E-state index is 12.9. The second kappa shape index (κ2) is 8.27. The summed E-state index contributed by atoms with van der Waals surface area (Å²) in [5, 5.41) is 12.5. The highest BCUT2D eigenvalue weighted by Gasteiger charge is 2.06. The zero-order valence-electron chi connectivity index (χ0n) is 12.4. The van der Waals surface area contributed by atoms with E-state index in [0.717, 1.165) is 21.3 Å². The molecular weight excluding hydrogens is 349 g/mol. The quantitative estimate of drug-likeness (QED) is 0.784. The van der Waals surface area contributed by atoms with E-state index >= 15 is 0 Å². The lowest BCUT2D eigenvalue weighted by atomic mass is 10.2. The van der Waals surface area contributed by atoms with Crippen molar-refractivity contribution >= 4 is 15.9 Å². The van der Waals surface area contributed by atoms with Gasteiger partial charge in [-0.2, -0.15) is 0 Å². The van der Waals surface area contributed by atoms with Crippen LogP contribution in [0, 0.1) is 5.82 Å². The van der Waals surface area contributed by atoms with Crippen LogP contribution in [0.3, 0.4) is 0 Å². The van der Waals surface area contributed by atoms with Gasteiger partial charge < -0.3 is 15.2 Å². The molecule has 0 aromatic heterocycles. The first-order valence-electron chi connectivity index (χ1n) is 7.09. The predicted octanol–water partition coefficient (Wildman–Crippen LogP) is 3.64. The molecule has 0 aliphatic carbocycles. The van der Waals surface area contributed by atoms with Gasteiger partial charge in [-0.15, -0.1) is 0 Å². The van der Waals surface area contributed by atoms with E-state index in [1.165, 1.54) is 12.1 Å². The third-order valence-corrected chi connectivity index (χ3v) is 3.58. The van der Waals surface area contributed by atoms with Crippen LogP contribution in [0.2, 0.25) is 0 Å². The highest BCUT2D eigenvalue weighted by Crippen LogP contribution is 2.24. The SMILES string of the molecule is C[C@H](O)CNCc1cc(Br)ccc1OCc1ccc(F)cc1. The van der Waals surface area contributed by atoms with Crippen LogP contribution in [0.5, 0.6) is 5.75 Å². The lowest BCUT2D eigenvalue weighted by Gasteiger charge is -2.13. The molecule has 0 saturated carbocycles. The number of hydrogen-bond acceptors (Lipinski definition) is 3. The maximum Gasteiger partial charge on any atom is 0.124 e. The summed E-state index contributed by atoms with van der Waals surface area (Å²) < 4.78 is 19.7. The molecule has 0 heterocycles. The van der Waals surface area contributed by atoms with Crippen LogP contribution < -0.4 is 10.1 Å². The Balaban J connectivity index is 2.01. The van der Waals surface area contributed by atoms with Gasteiger partial charge in [0, 0.05) is 23.1 Å². The van der Waals surface area contributed by atoms with E-state index in [4.69, 9.17) is 4.74 Å². The van der Waals surface area contributed by atoms with E-state index in [2.05, 4.69) is 21.2 Å². The van der Waals surface area contributed by atoms with Crippen molar-refractivity contribution in [2.24, 2.45) is 0 Å². The highest BCUT2D eigenvalue weighted by atomic mass is 79.9. The molecule has 2 aromatic rings. The van der Waals surface area contributed by atoms with Crippen molar-refractivity contribution in [2.75, 3.05) is 6.54 Å². The van der Waals surface area contributed by atoms with Crippen molar-refractivity contribution in [3.8, 4) is 5.75 Å². The van der Waals surface area contributed by atoms with Crippen LogP contribution in [-0.2, 0) is 13.2 Å². The first-order chi connectivity index (χ1) is 10.5. The van der Waals surface area contributed by atoms with Crippen LogP contribution in [-0.4, -0.2) is 17.8 Å². The Bertz CT molecular complexity index is 602. The fourth-order valence-corrected chi connectivity index (χ4v) is 2.39. The van der Waals surface area contributed by atoms with Crippen LogP contribution >= 0.6 is 15.9 Å². The fraction of sp³-hybridized carbons (Fsp3) is 0.294. The minimum absolute atomic E-state index is 0.254. The lowest BCUT2D eigenvalue weighted by molar-refractivity contribution is 0.190. The average molecular weight is 368 g/mol. The summed E-state index contributed by atoms with van der Waals surface area (Å²) in [4.78, 5) is 0. The van der Waals surface area contributed by atoms with Crippen molar-refractivity contribution in [2.45, 2.75) is 26.2 Å². The molecule has 2 N–H and O–H groups in total. The summed E-state index contributed by atoms with van der Waals surface area (Å²) in [5.41, 5.74) is 1.91. The van der Waals surface area contributed by atoms with Gasteiger partial charge in [-0.3, -0.25) is 0 Å². The van der Waals surface area contributed by atoms with Crippen LogP contribution in [0.15, 0.2) is 46.9 Å². The molecule has 0 fully saturated rings. The smallest absolute Gasteiger partial charge is 0.124 e. The summed E-state index contributed by atoms with van der Waals surface area (Å²) in [6.45, 7) is 3.23. The Hall–Kier alpha value is -1.43. The molecule has 1 atom stereocenters. The molecule has 5 heteroatoms. The molecule has 22 heavy (non-hydrogen) atoms. The summed E-state index contributed by atoms with van der Waals surface area (Å²) in [7, 11) is 0. The third-order valence-electron chi connectivity index (χ3n) is 3.09. The highest BCUT2D eigenvalue weighted by molar-refractivity contribution is 9.10. The van der Waals surface area contributed by atoms with Crippen molar-refractivity contribution in [3.63, 3.8) is 0 Å². The largest absolute Gasteiger partial charge is 0.489 e. The van der Waals surface area contributed by atoms with Gasteiger partial charge in [0.15, 0.2) is 0 Å². The number of hydrogen-bond donors (Lipinski definition) is 2. The number of nitrogens with one attached hydrogen (secondary N) is 1. The average Bonchev–Trinajstić information content (AvgIpc) is 2.48. The molecule has 0 spiro atoms. The van der Waals surface area contributed by atoms with Crippen molar-refractivity contribution in [3.05, 3.63) is 63.9 Å². The van der Waals surface area contributed by atoms with E-state index in [0.29, 0.717) is 19.7 Å². The first kappa shape index (κ1) is 16.9. The number of rotatable bonds is 7. The number of halogens is 2. The van der Waals surface area contributed by atoms with E-state index in [9.17, 15) is 9.50 Å². The standard InChI is InChI=1S/C17H19BrFNO2/c1-12(21)9-20-10-14-8-15(18)4-7-17(14)22-11-13-2-5-16(19)6-3-13/h2-8,12,20-21H,9-11H2,1H3/t12-/m0/s1. The zero-order valence-corrected chi connectivity index (χ0v) is 13.9. The van der Waals surface area contributed by atoms with Crippen molar-refractivity contribution < 1.29 is 14.2 Å². The van der Waals surface area contributed by atoms with Crippen molar-refractivity contribution in [1.29, 1.82) is 0 Å². The normalized spacial score (nSPS) is 12.2. The Morgan fingerprint density at radius 2 is 1.95 bits per heavy atom. The number of ether oxygens (including phenoxy) is 1. The molecule has 2 aromatic carbocycles. The Kier molecular flexibility index (Phi) is 6.36.